The molecule has 0 aromatic heterocycles. The molecule has 3 aliphatic carbocycles. The number of likely N-dealkylation sites (tertiary alicyclic amines) is 1. The van der Waals surface area contributed by atoms with Crippen molar-refractivity contribution >= 4 is 27.7 Å². The summed E-state index contributed by atoms with van der Waals surface area (Å²) in [5.74, 6) is -4.45. The Hall–Kier alpha value is -1.80. The Kier molecular flexibility index (Phi) is 5.48. The van der Waals surface area contributed by atoms with E-state index in [4.69, 9.17) is 11.5 Å². The van der Waals surface area contributed by atoms with Crippen LogP contribution in [-0.2, 0) is 15.0 Å². The van der Waals surface area contributed by atoms with Crippen LogP contribution in [0.25, 0.3) is 0 Å². The van der Waals surface area contributed by atoms with Gasteiger partial charge in [0.2, 0.25) is 11.8 Å². The molecule has 1 aromatic carbocycles. The van der Waals surface area contributed by atoms with Gasteiger partial charge in [-0.1, -0.05) is 24.6 Å². The summed E-state index contributed by atoms with van der Waals surface area (Å²) in [4.78, 5) is 29.2. The van der Waals surface area contributed by atoms with Gasteiger partial charge in [-0.3, -0.25) is 9.59 Å². The van der Waals surface area contributed by atoms with Crippen LogP contribution >= 0.6 is 15.9 Å². The van der Waals surface area contributed by atoms with E-state index < -0.39 is 40.2 Å². The third-order valence-electron chi connectivity index (χ3n) is 9.05. The third kappa shape index (κ3) is 2.89. The number of hydrogen-bond acceptors (Lipinski definition) is 3. The Morgan fingerprint density at radius 2 is 1.67 bits per heavy atom. The van der Waals surface area contributed by atoms with Crippen LogP contribution in [0, 0.1) is 34.3 Å². The molecule has 4 aliphatic rings. The molecule has 2 bridgehead atoms. The summed E-state index contributed by atoms with van der Waals surface area (Å²) in [6.45, 7) is 3.06. The smallest absolute Gasteiger partial charge is 0.229 e. The molecule has 5 nitrogen and oxygen atoms in total. The third-order valence-corrected chi connectivity index (χ3v) is 9.66. The number of benzene rings is 1. The molecule has 0 radical (unpaired) electrons. The van der Waals surface area contributed by atoms with Crippen LogP contribution in [0.3, 0.4) is 0 Å². The fourth-order valence-electron chi connectivity index (χ4n) is 7.63. The second-order valence-corrected chi connectivity index (χ2v) is 11.2. The molecular weight excluding hydrogens is 492 g/mol. The highest BCUT2D eigenvalue weighted by Gasteiger charge is 2.83. The van der Waals surface area contributed by atoms with E-state index in [0.29, 0.717) is 12.8 Å². The average molecular weight is 522 g/mol. The number of nitrogens with two attached hydrogens (primary N) is 2. The van der Waals surface area contributed by atoms with Gasteiger partial charge in [-0.05, 0) is 91.5 Å². The average Bonchev–Trinajstić information content (AvgIpc) is 3.14. The minimum Gasteiger partial charge on any atom is -0.369 e. The number of halogens is 3. The summed E-state index contributed by atoms with van der Waals surface area (Å²) in [5, 5.41) is 0. The maximum Gasteiger partial charge on any atom is 0.229 e. The highest BCUT2D eigenvalue weighted by atomic mass is 79.9. The minimum atomic E-state index is -1.71. The fourth-order valence-corrected chi connectivity index (χ4v) is 7.94. The number of primary amides is 2. The van der Waals surface area contributed by atoms with Gasteiger partial charge in [-0.15, -0.1) is 0 Å². The number of hydrogen-bond donors (Lipinski definition) is 2. The molecule has 1 saturated heterocycles. The number of rotatable bonds is 8. The molecule has 2 amide bonds. The van der Waals surface area contributed by atoms with Crippen LogP contribution in [0.5, 0.6) is 0 Å². The van der Waals surface area contributed by atoms with Crippen molar-refractivity contribution in [2.45, 2.75) is 50.4 Å². The highest BCUT2D eigenvalue weighted by Crippen LogP contribution is 2.80. The zero-order chi connectivity index (χ0) is 23.6. The first-order valence-electron chi connectivity index (χ1n) is 11.9. The zero-order valence-electron chi connectivity index (χ0n) is 18.6. The van der Waals surface area contributed by atoms with Crippen LogP contribution in [0.2, 0.25) is 0 Å². The Balaban J connectivity index is 1.62. The largest absolute Gasteiger partial charge is 0.369 e. The van der Waals surface area contributed by atoms with Crippen molar-refractivity contribution in [3.63, 3.8) is 0 Å². The van der Waals surface area contributed by atoms with Gasteiger partial charge in [0, 0.05) is 11.5 Å². The van der Waals surface area contributed by atoms with Crippen LogP contribution in [-0.4, -0.2) is 36.3 Å². The fraction of sp³-hybridized carbons (Fsp3) is 0.600. The molecule has 4 atom stereocenters. The monoisotopic (exact) mass is 521 g/mol. The normalized spacial score (nSPS) is 33.8. The molecule has 1 aromatic rings. The van der Waals surface area contributed by atoms with Crippen LogP contribution < -0.4 is 11.5 Å². The number of carbonyl (C=O) groups excluding carboxylic acids is 2. The van der Waals surface area contributed by atoms with Crippen molar-refractivity contribution in [2.24, 2.45) is 34.1 Å². The summed E-state index contributed by atoms with van der Waals surface area (Å²) in [6.07, 6.45) is 9.72. The summed E-state index contributed by atoms with van der Waals surface area (Å²) < 4.78 is 30.2. The predicted octanol–water partition coefficient (Wildman–Crippen LogP) is 3.78. The number of amides is 2. The molecule has 178 valence electrons. The molecule has 0 unspecified atom stereocenters. The summed E-state index contributed by atoms with van der Waals surface area (Å²) in [5.41, 5.74) is 8.63. The van der Waals surface area contributed by atoms with Gasteiger partial charge in [0.25, 0.3) is 0 Å². The van der Waals surface area contributed by atoms with Crippen molar-refractivity contribution in [1.82, 2.24) is 4.90 Å². The standard InChI is InChI=1S/C25H30BrF2N3O2/c26-16-6-5-15(19(27)20(16)28)25(22(30)33)18-8-7-17(23(18)10-11-23)24(25,21(29)32)9-1-2-12-31-13-3-4-14-31/h5-8,17-18H,1-4,9-14H2,(H2,29,32)(H2,30,33)/t17-,18+,24+,25+/m1/s1. The van der Waals surface area contributed by atoms with Gasteiger partial charge in [0.1, 0.15) is 0 Å². The Labute approximate surface area is 201 Å². The molecule has 4 N–H and O–H groups in total. The van der Waals surface area contributed by atoms with Gasteiger partial charge in [-0.2, -0.15) is 0 Å². The van der Waals surface area contributed by atoms with Gasteiger partial charge in [0.05, 0.1) is 15.3 Å². The van der Waals surface area contributed by atoms with Crippen LogP contribution in [0.15, 0.2) is 28.8 Å². The quantitative estimate of drug-likeness (QED) is 0.310. The number of unbranched alkanes of at least 4 members (excludes halogenated alkanes) is 1. The van der Waals surface area contributed by atoms with E-state index in [0.717, 1.165) is 38.9 Å². The molecule has 33 heavy (non-hydrogen) atoms. The lowest BCUT2D eigenvalue weighted by atomic mass is 9.52. The molecule has 3 fully saturated rings. The second-order valence-electron chi connectivity index (χ2n) is 10.3. The van der Waals surface area contributed by atoms with Crippen molar-refractivity contribution in [1.29, 1.82) is 0 Å². The lowest BCUT2D eigenvalue weighted by molar-refractivity contribution is -0.144. The summed E-state index contributed by atoms with van der Waals surface area (Å²) in [7, 11) is 0. The van der Waals surface area contributed by atoms with E-state index in [1.54, 1.807) is 0 Å². The van der Waals surface area contributed by atoms with E-state index in [2.05, 4.69) is 20.8 Å². The highest BCUT2D eigenvalue weighted by molar-refractivity contribution is 9.10. The van der Waals surface area contributed by atoms with Gasteiger partial charge in [0.15, 0.2) is 11.6 Å². The summed E-state index contributed by atoms with van der Waals surface area (Å²) >= 11 is 3.02. The predicted molar refractivity (Wildman–Crippen MR) is 124 cm³/mol. The lowest BCUT2D eigenvalue weighted by Gasteiger charge is -2.48. The van der Waals surface area contributed by atoms with Crippen LogP contribution in [0.4, 0.5) is 8.78 Å². The van der Waals surface area contributed by atoms with E-state index >= 15 is 4.39 Å². The first-order valence-corrected chi connectivity index (χ1v) is 12.7. The zero-order valence-corrected chi connectivity index (χ0v) is 20.2. The van der Waals surface area contributed by atoms with Crippen LogP contribution in [0.1, 0.15) is 50.5 Å². The van der Waals surface area contributed by atoms with Gasteiger partial charge >= 0.3 is 0 Å². The summed E-state index contributed by atoms with van der Waals surface area (Å²) in [6, 6.07) is 2.78. The Bertz CT molecular complexity index is 1040. The van der Waals surface area contributed by atoms with Crippen molar-refractivity contribution < 1.29 is 18.4 Å². The van der Waals surface area contributed by atoms with Gasteiger partial charge in [-0.25, -0.2) is 8.78 Å². The molecule has 1 aliphatic heterocycles. The van der Waals surface area contributed by atoms with E-state index in [1.807, 2.05) is 12.2 Å². The molecule has 8 heteroatoms. The minimum absolute atomic E-state index is 0.0431. The number of carbonyl (C=O) groups is 2. The number of allylic oxidation sites excluding steroid dienone is 2. The first-order chi connectivity index (χ1) is 15.7. The maximum atomic E-state index is 15.5. The van der Waals surface area contributed by atoms with E-state index in [9.17, 15) is 14.0 Å². The molecule has 2 saturated carbocycles. The van der Waals surface area contributed by atoms with Crippen molar-refractivity contribution in [2.75, 3.05) is 19.6 Å². The topological polar surface area (TPSA) is 89.4 Å². The maximum absolute atomic E-state index is 15.5. The molecule has 1 heterocycles. The lowest BCUT2D eigenvalue weighted by Crippen LogP contribution is -2.62. The van der Waals surface area contributed by atoms with Crippen molar-refractivity contribution in [3.8, 4) is 0 Å². The SMILES string of the molecule is NC(=O)[C@]1(c2ccc(Br)c(F)c2F)[C@H]2C=C[C@H](C23CC3)[C@@]1(CCCCN1CCCC1)C(N)=O. The Morgan fingerprint density at radius 3 is 2.27 bits per heavy atom. The van der Waals surface area contributed by atoms with E-state index in [-0.39, 0.29) is 21.4 Å². The number of nitrogens with zero attached hydrogens (tertiary/aromatic N) is 1. The first kappa shape index (κ1) is 23.0. The molecular formula is C25H30BrF2N3O2. The second kappa shape index (κ2) is 7.87. The molecule has 1 spiro atoms. The molecule has 5 rings (SSSR count). The Morgan fingerprint density at radius 1 is 1.00 bits per heavy atom. The van der Waals surface area contributed by atoms with E-state index in [1.165, 1.54) is 25.0 Å². The van der Waals surface area contributed by atoms with Crippen molar-refractivity contribution in [3.05, 3.63) is 46.0 Å². The van der Waals surface area contributed by atoms with Gasteiger partial charge < -0.3 is 16.4 Å².